The van der Waals surface area contributed by atoms with Crippen LogP contribution in [0.25, 0.3) is 0 Å². The molecule has 0 aromatic rings. The lowest BCUT2D eigenvalue weighted by molar-refractivity contribution is -0.138. The molecular formula is C11H24N2O3. The van der Waals surface area contributed by atoms with Crippen LogP contribution >= 0.6 is 0 Å². The Morgan fingerprint density at radius 3 is 2.31 bits per heavy atom. The highest BCUT2D eigenvalue weighted by Gasteiger charge is 2.19. The van der Waals surface area contributed by atoms with Gasteiger partial charge >= 0.3 is 5.97 Å². The molecule has 0 aliphatic heterocycles. The van der Waals surface area contributed by atoms with E-state index in [0.717, 1.165) is 0 Å². The molecule has 0 fully saturated rings. The number of carboxylic acid groups (broad SMARTS) is 1. The van der Waals surface area contributed by atoms with E-state index in [1.54, 1.807) is 6.92 Å². The van der Waals surface area contributed by atoms with Crippen molar-refractivity contribution < 1.29 is 15.0 Å². The third-order valence-corrected chi connectivity index (χ3v) is 2.98. The van der Waals surface area contributed by atoms with E-state index >= 15 is 0 Å². The molecule has 0 aliphatic carbocycles. The fourth-order valence-corrected chi connectivity index (χ4v) is 1.33. The van der Waals surface area contributed by atoms with Gasteiger partial charge in [-0.3, -0.25) is 4.79 Å². The molecule has 0 aliphatic rings. The van der Waals surface area contributed by atoms with Crippen LogP contribution in [-0.4, -0.2) is 33.9 Å². The van der Waals surface area contributed by atoms with E-state index in [2.05, 4.69) is 0 Å². The van der Waals surface area contributed by atoms with Gasteiger partial charge in [-0.1, -0.05) is 6.92 Å². The van der Waals surface area contributed by atoms with Crippen molar-refractivity contribution in [2.24, 2.45) is 11.5 Å². The van der Waals surface area contributed by atoms with E-state index in [4.69, 9.17) is 16.6 Å². The molecule has 0 bridgehead atoms. The Labute approximate surface area is 96.8 Å². The van der Waals surface area contributed by atoms with Gasteiger partial charge in [0.2, 0.25) is 0 Å². The lowest BCUT2D eigenvalue weighted by Crippen LogP contribution is -2.33. The highest BCUT2D eigenvalue weighted by molar-refractivity contribution is 5.72. The van der Waals surface area contributed by atoms with Crippen molar-refractivity contribution >= 4 is 5.97 Å². The average molecular weight is 232 g/mol. The van der Waals surface area contributed by atoms with Gasteiger partial charge in [-0.15, -0.1) is 0 Å². The van der Waals surface area contributed by atoms with Crippen LogP contribution in [0.2, 0.25) is 0 Å². The van der Waals surface area contributed by atoms with Crippen molar-refractivity contribution in [2.75, 3.05) is 0 Å². The van der Waals surface area contributed by atoms with Gasteiger partial charge in [0, 0.05) is 6.04 Å². The van der Waals surface area contributed by atoms with Crippen LogP contribution in [-0.2, 0) is 4.79 Å². The zero-order valence-electron chi connectivity index (χ0n) is 10.1. The topological polar surface area (TPSA) is 110 Å². The Balaban J connectivity index is 3.75. The standard InChI is InChI=1S/C11H24N2O3/c1-3-11(2,16)7-6-8(12)4-5-9(13)10(14)15/h8-9,16H,3-7,12-13H2,1-2H3,(H,14,15)/t8?,9-,11?/m1/s1. The molecule has 0 rings (SSSR count). The summed E-state index contributed by atoms with van der Waals surface area (Å²) < 4.78 is 0. The predicted octanol–water partition coefficient (Wildman–Crippen LogP) is 0.447. The summed E-state index contributed by atoms with van der Waals surface area (Å²) in [7, 11) is 0. The SMILES string of the molecule is CCC(C)(O)CCC(N)CC[C@@H](N)C(=O)O. The van der Waals surface area contributed by atoms with Crippen LogP contribution in [0.5, 0.6) is 0 Å². The summed E-state index contributed by atoms with van der Waals surface area (Å²) in [5, 5.41) is 18.3. The molecule has 6 N–H and O–H groups in total. The van der Waals surface area contributed by atoms with Gasteiger partial charge in [-0.2, -0.15) is 0 Å². The van der Waals surface area contributed by atoms with E-state index in [0.29, 0.717) is 32.1 Å². The number of hydrogen-bond donors (Lipinski definition) is 4. The van der Waals surface area contributed by atoms with Gasteiger partial charge in [-0.05, 0) is 39.0 Å². The van der Waals surface area contributed by atoms with E-state index in [1.165, 1.54) is 0 Å². The molecule has 0 heterocycles. The maximum absolute atomic E-state index is 10.5. The fourth-order valence-electron chi connectivity index (χ4n) is 1.33. The summed E-state index contributed by atoms with van der Waals surface area (Å²) in [4.78, 5) is 10.5. The average Bonchev–Trinajstić information content (AvgIpc) is 2.23. The number of carbonyl (C=O) groups is 1. The summed E-state index contributed by atoms with van der Waals surface area (Å²) in [5.74, 6) is -0.993. The van der Waals surface area contributed by atoms with Gasteiger partial charge in [0.05, 0.1) is 5.60 Å². The Morgan fingerprint density at radius 2 is 1.88 bits per heavy atom. The summed E-state index contributed by atoms with van der Waals surface area (Å²) in [6, 6.07) is -0.929. The van der Waals surface area contributed by atoms with Gasteiger partial charge in [-0.25, -0.2) is 0 Å². The first-order valence-electron chi connectivity index (χ1n) is 5.75. The maximum Gasteiger partial charge on any atom is 0.320 e. The van der Waals surface area contributed by atoms with Gasteiger partial charge in [0.15, 0.2) is 0 Å². The van der Waals surface area contributed by atoms with Crippen LogP contribution in [0.1, 0.15) is 46.0 Å². The second kappa shape index (κ2) is 6.83. The number of carboxylic acids is 1. The second-order valence-electron chi connectivity index (χ2n) is 4.67. The Hall–Kier alpha value is -0.650. The number of hydrogen-bond acceptors (Lipinski definition) is 4. The normalized spacial score (nSPS) is 18.8. The smallest absolute Gasteiger partial charge is 0.320 e. The Kier molecular flexibility index (Phi) is 6.55. The molecule has 0 saturated heterocycles. The third kappa shape index (κ3) is 6.76. The van der Waals surface area contributed by atoms with Crippen molar-refractivity contribution in [1.29, 1.82) is 0 Å². The minimum absolute atomic E-state index is 0.0941. The van der Waals surface area contributed by atoms with Crippen molar-refractivity contribution in [3.05, 3.63) is 0 Å². The van der Waals surface area contributed by atoms with E-state index in [-0.39, 0.29) is 6.04 Å². The number of aliphatic carboxylic acids is 1. The van der Waals surface area contributed by atoms with Crippen LogP contribution in [0.4, 0.5) is 0 Å². The minimum Gasteiger partial charge on any atom is -0.480 e. The van der Waals surface area contributed by atoms with E-state index in [9.17, 15) is 9.90 Å². The largest absolute Gasteiger partial charge is 0.480 e. The molecule has 5 nitrogen and oxygen atoms in total. The van der Waals surface area contributed by atoms with E-state index in [1.807, 2.05) is 6.92 Å². The maximum atomic E-state index is 10.5. The molecule has 0 spiro atoms. The summed E-state index contributed by atoms with van der Waals surface area (Å²) in [5.41, 5.74) is 10.5. The van der Waals surface area contributed by atoms with E-state index < -0.39 is 17.6 Å². The molecule has 0 aromatic heterocycles. The lowest BCUT2D eigenvalue weighted by atomic mass is 9.93. The first-order valence-corrected chi connectivity index (χ1v) is 5.75. The van der Waals surface area contributed by atoms with Crippen molar-refractivity contribution in [2.45, 2.75) is 63.6 Å². The molecule has 2 unspecified atom stereocenters. The highest BCUT2D eigenvalue weighted by atomic mass is 16.4. The first-order chi connectivity index (χ1) is 7.28. The third-order valence-electron chi connectivity index (χ3n) is 2.98. The molecule has 5 heteroatoms. The molecule has 0 amide bonds. The van der Waals surface area contributed by atoms with Gasteiger partial charge < -0.3 is 21.7 Å². The monoisotopic (exact) mass is 232 g/mol. The zero-order chi connectivity index (χ0) is 12.8. The Bertz CT molecular complexity index is 219. The van der Waals surface area contributed by atoms with Crippen LogP contribution < -0.4 is 11.5 Å². The van der Waals surface area contributed by atoms with Gasteiger partial charge in [0.1, 0.15) is 6.04 Å². The second-order valence-corrected chi connectivity index (χ2v) is 4.67. The number of nitrogens with two attached hydrogens (primary N) is 2. The number of aliphatic hydroxyl groups is 1. The first kappa shape index (κ1) is 15.3. The predicted molar refractivity (Wildman–Crippen MR) is 63.0 cm³/mol. The molecule has 16 heavy (non-hydrogen) atoms. The lowest BCUT2D eigenvalue weighted by Gasteiger charge is -2.23. The van der Waals surface area contributed by atoms with Crippen LogP contribution in [0.3, 0.4) is 0 Å². The molecule has 0 aromatic carbocycles. The van der Waals surface area contributed by atoms with Crippen molar-refractivity contribution in [1.82, 2.24) is 0 Å². The summed E-state index contributed by atoms with van der Waals surface area (Å²) in [6.07, 6.45) is 2.96. The number of rotatable bonds is 8. The summed E-state index contributed by atoms with van der Waals surface area (Å²) >= 11 is 0. The van der Waals surface area contributed by atoms with Crippen molar-refractivity contribution in [3.63, 3.8) is 0 Å². The quantitative estimate of drug-likeness (QED) is 0.485. The fraction of sp³-hybridized carbons (Fsp3) is 0.909. The molecule has 96 valence electrons. The minimum atomic E-state index is -0.993. The van der Waals surface area contributed by atoms with Gasteiger partial charge in [0.25, 0.3) is 0 Å². The zero-order valence-corrected chi connectivity index (χ0v) is 10.1. The van der Waals surface area contributed by atoms with Crippen molar-refractivity contribution in [3.8, 4) is 0 Å². The molecule has 0 radical (unpaired) electrons. The molecule has 3 atom stereocenters. The van der Waals surface area contributed by atoms with Crippen LogP contribution in [0.15, 0.2) is 0 Å². The van der Waals surface area contributed by atoms with Crippen LogP contribution in [0, 0.1) is 0 Å². The molecule has 0 saturated carbocycles. The Morgan fingerprint density at radius 1 is 1.31 bits per heavy atom. The summed E-state index contributed by atoms with van der Waals surface area (Å²) in [6.45, 7) is 3.70. The highest BCUT2D eigenvalue weighted by Crippen LogP contribution is 2.18. The molecular weight excluding hydrogens is 208 g/mol.